The van der Waals surface area contributed by atoms with Crippen LogP contribution < -0.4 is 20.8 Å². The maximum Gasteiger partial charge on any atom is 0.171 e. The Balaban J connectivity index is 1.30. The number of rotatable bonds is 4. The Morgan fingerprint density at radius 1 is 0.444 bits per heavy atom. The van der Waals surface area contributed by atoms with Crippen molar-refractivity contribution in [2.24, 2.45) is 0 Å². The highest BCUT2D eigenvalue weighted by Gasteiger charge is 2.40. The van der Waals surface area contributed by atoms with Crippen molar-refractivity contribution in [3.63, 3.8) is 0 Å². The van der Waals surface area contributed by atoms with E-state index in [-0.39, 0.29) is 10.8 Å². The number of nitrogens with zero attached hydrogens (tertiary/aromatic N) is 1. The minimum atomic E-state index is -3.09. The van der Waals surface area contributed by atoms with E-state index in [0.717, 1.165) is 21.6 Å². The van der Waals surface area contributed by atoms with E-state index in [0.29, 0.717) is 0 Å². The van der Waals surface area contributed by atoms with Crippen LogP contribution in [0.5, 0.6) is 0 Å². The number of fused-ring (bicyclic) bond motifs is 5. The third-order valence-corrected chi connectivity index (χ3v) is 13.2. The summed E-state index contributed by atoms with van der Waals surface area (Å²) in [6.07, 6.45) is 0. The molecule has 0 spiro atoms. The van der Waals surface area contributed by atoms with Crippen molar-refractivity contribution in [3.05, 3.63) is 168 Å². The minimum absolute atomic E-state index is 0.0994. The first-order valence-electron chi connectivity index (χ1n) is 15.7. The molecule has 1 aliphatic heterocycles. The highest BCUT2D eigenvalue weighted by Crippen LogP contribution is 2.55. The van der Waals surface area contributed by atoms with Crippen LogP contribution >= 0.6 is 7.14 Å². The summed E-state index contributed by atoms with van der Waals surface area (Å²) in [5.74, 6) is 0. The summed E-state index contributed by atoms with van der Waals surface area (Å²) in [6, 6.07) is 51.0. The Morgan fingerprint density at radius 2 is 0.956 bits per heavy atom. The molecule has 1 aliphatic carbocycles. The second-order valence-electron chi connectivity index (χ2n) is 13.4. The molecule has 0 saturated carbocycles. The van der Waals surface area contributed by atoms with E-state index >= 15 is 4.57 Å². The molecule has 0 fully saturated rings. The Kier molecular flexibility index (Phi) is 6.15. The largest absolute Gasteiger partial charge is 0.310 e. The summed E-state index contributed by atoms with van der Waals surface area (Å²) in [4.78, 5) is 2.43. The summed E-state index contributed by atoms with van der Waals surface area (Å²) >= 11 is 0. The summed E-state index contributed by atoms with van der Waals surface area (Å²) < 4.78 is 15.2. The number of hydrogen-bond acceptors (Lipinski definition) is 2. The van der Waals surface area contributed by atoms with E-state index in [4.69, 9.17) is 0 Å². The second-order valence-corrected chi connectivity index (χ2v) is 16.1. The summed E-state index contributed by atoms with van der Waals surface area (Å²) in [5, 5.41) is 2.58. The molecule has 2 aliphatic rings. The van der Waals surface area contributed by atoms with Crippen LogP contribution in [0.15, 0.2) is 146 Å². The third-order valence-electron chi connectivity index (χ3n) is 10.1. The first-order chi connectivity index (χ1) is 21.7. The molecule has 0 amide bonds. The lowest BCUT2D eigenvalue weighted by molar-refractivity contribution is 0.592. The van der Waals surface area contributed by atoms with Gasteiger partial charge in [-0.25, -0.2) is 0 Å². The SMILES string of the molecule is CC1(C)c2ccc(P(=O)(c3ccccc3)c3ccccc3)cc2-c2ccc(N3c4ccccc4C(C)(C)c4ccccc43)cc21. The van der Waals surface area contributed by atoms with Crippen LogP contribution in [0.2, 0.25) is 0 Å². The van der Waals surface area contributed by atoms with Crippen molar-refractivity contribution in [3.8, 4) is 11.1 Å². The van der Waals surface area contributed by atoms with Gasteiger partial charge < -0.3 is 9.46 Å². The van der Waals surface area contributed by atoms with Crippen LogP contribution in [0.3, 0.4) is 0 Å². The molecule has 0 bridgehead atoms. The zero-order valence-electron chi connectivity index (χ0n) is 26.2. The van der Waals surface area contributed by atoms with Crippen LogP contribution in [0.25, 0.3) is 11.1 Å². The minimum Gasteiger partial charge on any atom is -0.310 e. The molecule has 3 heteroatoms. The van der Waals surface area contributed by atoms with Crippen molar-refractivity contribution in [2.75, 3.05) is 4.90 Å². The van der Waals surface area contributed by atoms with Crippen molar-refractivity contribution >= 4 is 40.1 Å². The molecule has 6 aromatic carbocycles. The highest BCUT2D eigenvalue weighted by atomic mass is 31.2. The van der Waals surface area contributed by atoms with Gasteiger partial charge in [0.25, 0.3) is 0 Å². The van der Waals surface area contributed by atoms with Crippen LogP contribution in [0.4, 0.5) is 17.1 Å². The van der Waals surface area contributed by atoms with Crippen LogP contribution in [0, 0.1) is 0 Å². The van der Waals surface area contributed by atoms with Gasteiger partial charge in [0.2, 0.25) is 0 Å². The number of hydrogen-bond donors (Lipinski definition) is 0. The average Bonchev–Trinajstić information content (AvgIpc) is 3.30. The van der Waals surface area contributed by atoms with Gasteiger partial charge in [-0.15, -0.1) is 0 Å². The number of anilines is 3. The monoisotopic (exact) mass is 601 g/mol. The van der Waals surface area contributed by atoms with Crippen molar-refractivity contribution in [1.29, 1.82) is 0 Å². The van der Waals surface area contributed by atoms with E-state index < -0.39 is 7.14 Å². The van der Waals surface area contributed by atoms with Crippen LogP contribution in [0.1, 0.15) is 49.9 Å². The summed E-state index contributed by atoms with van der Waals surface area (Å²) in [7, 11) is -3.09. The van der Waals surface area contributed by atoms with E-state index in [1.54, 1.807) is 0 Å². The fraction of sp³-hybridized carbons (Fsp3) is 0.143. The molecule has 8 rings (SSSR count). The molecule has 0 unspecified atom stereocenters. The maximum absolute atomic E-state index is 15.2. The quantitative estimate of drug-likeness (QED) is 0.188. The van der Waals surface area contributed by atoms with Gasteiger partial charge in [-0.2, -0.15) is 0 Å². The normalized spacial score (nSPS) is 15.5. The zero-order chi connectivity index (χ0) is 31.0. The van der Waals surface area contributed by atoms with E-state index in [9.17, 15) is 0 Å². The fourth-order valence-electron chi connectivity index (χ4n) is 7.73. The van der Waals surface area contributed by atoms with Crippen molar-refractivity contribution in [2.45, 2.75) is 38.5 Å². The number of para-hydroxylation sites is 2. The smallest absolute Gasteiger partial charge is 0.171 e. The second kappa shape index (κ2) is 9.93. The van der Waals surface area contributed by atoms with E-state index in [2.05, 4.69) is 118 Å². The lowest BCUT2D eigenvalue weighted by Crippen LogP contribution is -2.30. The molecule has 1 heterocycles. The van der Waals surface area contributed by atoms with Crippen LogP contribution in [-0.2, 0) is 15.4 Å². The van der Waals surface area contributed by atoms with E-state index in [1.807, 2.05) is 60.7 Å². The van der Waals surface area contributed by atoms with Gasteiger partial charge in [-0.05, 0) is 63.7 Å². The summed E-state index contributed by atoms with van der Waals surface area (Å²) in [5.41, 5.74) is 10.9. The standard InChI is InChI=1S/C42H36NOP/c1-41(2)35-26-24-32(45(44,30-15-7-5-8-16-30)31-17-9-6-10-18-31)28-34(35)33-25-23-29(27-38(33)41)43-39-21-13-11-19-36(39)42(3,4)37-20-12-14-22-40(37)43/h5-28H,1-4H3. The molecule has 0 saturated heterocycles. The first-order valence-corrected chi connectivity index (χ1v) is 17.4. The molecule has 45 heavy (non-hydrogen) atoms. The van der Waals surface area contributed by atoms with Gasteiger partial charge >= 0.3 is 0 Å². The lowest BCUT2D eigenvalue weighted by atomic mass is 9.73. The van der Waals surface area contributed by atoms with E-state index in [1.165, 1.54) is 44.8 Å². The molecule has 220 valence electrons. The predicted octanol–water partition coefficient (Wildman–Crippen LogP) is 9.74. The Bertz CT molecular complexity index is 2050. The van der Waals surface area contributed by atoms with Gasteiger partial charge in [-0.1, -0.05) is 143 Å². The van der Waals surface area contributed by atoms with Crippen molar-refractivity contribution in [1.82, 2.24) is 0 Å². The first kappa shape index (κ1) is 27.9. The van der Waals surface area contributed by atoms with Gasteiger partial charge in [0, 0.05) is 32.4 Å². The molecule has 2 nitrogen and oxygen atoms in total. The van der Waals surface area contributed by atoms with Gasteiger partial charge in [0.05, 0.1) is 11.4 Å². The molecular formula is C42H36NOP. The van der Waals surface area contributed by atoms with Gasteiger partial charge in [-0.3, -0.25) is 0 Å². The number of benzene rings is 6. The van der Waals surface area contributed by atoms with Crippen LogP contribution in [-0.4, -0.2) is 0 Å². The lowest BCUT2D eigenvalue weighted by Gasteiger charge is -2.42. The molecule has 6 aromatic rings. The predicted molar refractivity (Wildman–Crippen MR) is 190 cm³/mol. The Labute approximate surface area is 266 Å². The zero-order valence-corrected chi connectivity index (χ0v) is 27.1. The molecule has 0 aromatic heterocycles. The Hall–Kier alpha value is -4.65. The van der Waals surface area contributed by atoms with Crippen molar-refractivity contribution < 1.29 is 4.57 Å². The third kappa shape index (κ3) is 3.99. The maximum atomic E-state index is 15.2. The Morgan fingerprint density at radius 3 is 1.53 bits per heavy atom. The van der Waals surface area contributed by atoms with Gasteiger partial charge in [0.1, 0.15) is 0 Å². The molecular weight excluding hydrogens is 565 g/mol. The molecule has 0 atom stereocenters. The average molecular weight is 602 g/mol. The highest BCUT2D eigenvalue weighted by molar-refractivity contribution is 7.85. The topological polar surface area (TPSA) is 20.3 Å². The molecule has 0 radical (unpaired) electrons. The molecule has 0 N–H and O–H groups in total. The van der Waals surface area contributed by atoms with Gasteiger partial charge in [0.15, 0.2) is 7.14 Å². The summed E-state index contributed by atoms with van der Waals surface area (Å²) in [6.45, 7) is 9.28. The fourth-order valence-corrected chi connectivity index (χ4v) is 10.4.